The lowest BCUT2D eigenvalue weighted by atomic mass is 9.71. The van der Waals surface area contributed by atoms with Gasteiger partial charge in [-0.05, 0) is 144 Å². The van der Waals surface area contributed by atoms with Crippen molar-refractivity contribution in [2.75, 3.05) is 81.9 Å². The number of piperidine rings is 4. The summed E-state index contributed by atoms with van der Waals surface area (Å²) in [5, 5.41) is 28.0. The zero-order chi connectivity index (χ0) is 50.1. The molecule has 18 heteroatoms. The number of anilines is 2. The third-order valence-electron chi connectivity index (χ3n) is 17.3. The standard InChI is InChI=1S/C55H63F2N11O5/c1-3-39-42(56)8-4-34-26-38(69)28-40(47(34)39)49-48(57)50-41(29-58-49)51(67-31-35-5-6-36(32-67)59-35)62-53(61-50)73-25-24-64-20-14-55(15-21-64)16-22-65(23-17-55)30-33-12-18-66(19-13-33)37-7-9-43-45(27-37)63(2)54(72)68(43)44-10-11-46(70)60-52(44)71/h1,4,7-9,26-29,33,35-36,44,46,59,69-70H,5-6,10-25,30-32H2,2H3,(H,60,71). The Balaban J connectivity index is 0.658. The van der Waals surface area contributed by atoms with Crippen molar-refractivity contribution in [2.24, 2.45) is 18.4 Å². The van der Waals surface area contributed by atoms with Gasteiger partial charge in [0.05, 0.1) is 22.0 Å². The van der Waals surface area contributed by atoms with Crippen LogP contribution in [0.15, 0.2) is 53.5 Å². The molecule has 6 aliphatic rings. The number of nitrogens with one attached hydrogen (secondary N) is 2. The van der Waals surface area contributed by atoms with Crippen molar-refractivity contribution in [3.8, 4) is 35.4 Å². The molecule has 2 bridgehead atoms. The maximum atomic E-state index is 17.1. The van der Waals surface area contributed by atoms with Crippen LogP contribution in [0.5, 0.6) is 11.8 Å². The van der Waals surface area contributed by atoms with Gasteiger partial charge in [0, 0.05) is 81.2 Å². The highest BCUT2D eigenvalue weighted by molar-refractivity contribution is 6.03. The number of fused-ring (bicyclic) bond motifs is 5. The highest BCUT2D eigenvalue weighted by Gasteiger charge is 2.39. The molecule has 12 rings (SSSR count). The Morgan fingerprint density at radius 1 is 0.863 bits per heavy atom. The smallest absolute Gasteiger partial charge is 0.329 e. The number of aryl methyl sites for hydroxylation is 1. The van der Waals surface area contributed by atoms with Gasteiger partial charge in [-0.25, -0.2) is 13.6 Å². The van der Waals surface area contributed by atoms with E-state index in [-0.39, 0.29) is 51.1 Å². The van der Waals surface area contributed by atoms with Gasteiger partial charge < -0.3 is 40.3 Å². The zero-order valence-corrected chi connectivity index (χ0v) is 41.3. The number of amides is 1. The average Bonchev–Trinajstić information content (AvgIpc) is 3.86. The molecule has 1 amide bonds. The van der Waals surface area contributed by atoms with Gasteiger partial charge >= 0.3 is 11.7 Å². The largest absolute Gasteiger partial charge is 0.508 e. The van der Waals surface area contributed by atoms with Crippen LogP contribution in [0.3, 0.4) is 0 Å². The van der Waals surface area contributed by atoms with Gasteiger partial charge in [-0.3, -0.25) is 23.8 Å². The van der Waals surface area contributed by atoms with Crippen LogP contribution in [0.25, 0.3) is 44.0 Å². The number of halogens is 2. The molecule has 6 saturated heterocycles. The van der Waals surface area contributed by atoms with Crippen LogP contribution < -0.4 is 30.9 Å². The number of terminal acetylenes is 1. The highest BCUT2D eigenvalue weighted by Crippen LogP contribution is 2.43. The predicted octanol–water partition coefficient (Wildman–Crippen LogP) is 5.65. The van der Waals surface area contributed by atoms with Crippen LogP contribution in [-0.2, 0) is 11.8 Å². The van der Waals surface area contributed by atoms with Crippen LogP contribution in [0, 0.1) is 35.3 Å². The van der Waals surface area contributed by atoms with E-state index in [1.165, 1.54) is 37.1 Å². The minimum atomic E-state index is -0.871. The number of ether oxygens (including phenoxy) is 1. The normalized spacial score (nSPS) is 24.0. The van der Waals surface area contributed by atoms with E-state index < -0.39 is 23.9 Å². The first kappa shape index (κ1) is 47.6. The summed E-state index contributed by atoms with van der Waals surface area (Å²) in [5.41, 5.74) is 2.84. The number of rotatable bonds is 10. The molecule has 6 aromatic rings. The Hall–Kier alpha value is -6.39. The number of piperazine rings is 1. The summed E-state index contributed by atoms with van der Waals surface area (Å²) < 4.78 is 41.6. The van der Waals surface area contributed by atoms with Gasteiger partial charge in [0.25, 0.3) is 0 Å². The molecular weight excluding hydrogens is 933 g/mol. The van der Waals surface area contributed by atoms with Crippen molar-refractivity contribution in [1.82, 2.24) is 44.5 Å². The predicted molar refractivity (Wildman–Crippen MR) is 276 cm³/mol. The summed E-state index contributed by atoms with van der Waals surface area (Å²) >= 11 is 0. The van der Waals surface area contributed by atoms with Crippen molar-refractivity contribution >= 4 is 50.1 Å². The maximum absolute atomic E-state index is 17.1. The molecule has 0 saturated carbocycles. The first-order valence-electron chi connectivity index (χ1n) is 26.2. The third kappa shape index (κ3) is 8.91. The topological polar surface area (TPSA) is 169 Å². The fourth-order valence-electron chi connectivity index (χ4n) is 13.1. The number of benzene rings is 3. The molecule has 16 nitrogen and oxygen atoms in total. The Bertz CT molecular complexity index is 3210. The van der Waals surface area contributed by atoms with Crippen LogP contribution in [-0.4, -0.2) is 140 Å². The number of hydrogen-bond acceptors (Lipinski definition) is 13. The van der Waals surface area contributed by atoms with Gasteiger partial charge in [0.15, 0.2) is 5.82 Å². The average molecular weight is 996 g/mol. The number of hydrogen-bond donors (Lipinski definition) is 4. The molecule has 9 heterocycles. The van der Waals surface area contributed by atoms with Gasteiger partial charge in [-0.2, -0.15) is 9.97 Å². The zero-order valence-electron chi connectivity index (χ0n) is 41.3. The second kappa shape index (κ2) is 19.1. The minimum absolute atomic E-state index is 0.0368. The molecule has 4 atom stereocenters. The maximum Gasteiger partial charge on any atom is 0.329 e. The molecule has 73 heavy (non-hydrogen) atoms. The number of carbonyl (C=O) groups excluding carboxylic acids is 1. The van der Waals surface area contributed by atoms with E-state index in [1.54, 1.807) is 22.4 Å². The third-order valence-corrected chi connectivity index (χ3v) is 17.3. The van der Waals surface area contributed by atoms with Gasteiger partial charge in [-0.15, -0.1) is 6.42 Å². The summed E-state index contributed by atoms with van der Waals surface area (Å²) in [6.07, 6.45) is 16.3. The number of aromatic nitrogens is 5. The van der Waals surface area contributed by atoms with Crippen LogP contribution in [0.4, 0.5) is 20.3 Å². The van der Waals surface area contributed by atoms with Crippen LogP contribution in [0.2, 0.25) is 0 Å². The van der Waals surface area contributed by atoms with Crippen molar-refractivity contribution in [1.29, 1.82) is 0 Å². The van der Waals surface area contributed by atoms with Crippen molar-refractivity contribution < 1.29 is 28.5 Å². The van der Waals surface area contributed by atoms with Gasteiger partial charge in [0.2, 0.25) is 5.91 Å². The summed E-state index contributed by atoms with van der Waals surface area (Å²) in [5.74, 6) is 1.81. The van der Waals surface area contributed by atoms with Crippen LogP contribution >= 0.6 is 0 Å². The number of likely N-dealkylation sites (tertiary alicyclic amines) is 2. The molecule has 1 spiro atoms. The van der Waals surface area contributed by atoms with Crippen molar-refractivity contribution in [3.05, 3.63) is 76.3 Å². The number of pyridine rings is 1. The first-order chi connectivity index (χ1) is 35.4. The van der Waals surface area contributed by atoms with E-state index in [0.717, 1.165) is 101 Å². The molecule has 4 unspecified atom stereocenters. The number of aliphatic hydroxyl groups is 1. The van der Waals surface area contributed by atoms with Crippen molar-refractivity contribution in [2.45, 2.75) is 88.6 Å². The van der Waals surface area contributed by atoms with E-state index in [4.69, 9.17) is 16.1 Å². The number of aliphatic hydroxyl groups excluding tert-OH is 1. The first-order valence-corrected chi connectivity index (χ1v) is 26.2. The van der Waals surface area contributed by atoms with E-state index >= 15 is 8.78 Å². The van der Waals surface area contributed by atoms with E-state index in [0.29, 0.717) is 79.1 Å². The molecule has 3 aromatic heterocycles. The Labute approximate surface area is 422 Å². The lowest BCUT2D eigenvalue weighted by Gasteiger charge is -2.47. The minimum Gasteiger partial charge on any atom is -0.508 e. The summed E-state index contributed by atoms with van der Waals surface area (Å²) in [7, 11) is 1.76. The Morgan fingerprint density at radius 2 is 1.60 bits per heavy atom. The molecule has 382 valence electrons. The molecule has 3 aromatic carbocycles. The second-order valence-electron chi connectivity index (χ2n) is 21.6. The fraction of sp³-hybridized carbons (Fsp3) is 0.509. The molecule has 0 radical (unpaired) electrons. The molecule has 6 aliphatic heterocycles. The van der Waals surface area contributed by atoms with Crippen LogP contribution in [0.1, 0.15) is 75.8 Å². The molecule has 6 fully saturated rings. The van der Waals surface area contributed by atoms with Gasteiger partial charge in [0.1, 0.15) is 47.5 Å². The summed E-state index contributed by atoms with van der Waals surface area (Å²) in [6, 6.07) is 11.7. The number of phenols is 1. The quantitative estimate of drug-likeness (QED) is 0.125. The van der Waals surface area contributed by atoms with E-state index in [9.17, 15) is 19.8 Å². The van der Waals surface area contributed by atoms with Gasteiger partial charge in [-0.1, -0.05) is 12.0 Å². The summed E-state index contributed by atoms with van der Waals surface area (Å²) in [6.45, 7) is 9.71. The number of carbonyl (C=O) groups is 1. The molecular formula is C55H63F2N11O5. The monoisotopic (exact) mass is 995 g/mol. The number of aromatic hydroxyl groups is 1. The Kier molecular flexibility index (Phi) is 12.5. The molecule has 4 N–H and O–H groups in total. The SMILES string of the molecule is C#Cc1c(F)ccc2cc(O)cc(-c3ncc4c(N5CC6CCC(C5)N6)nc(OCCN5CCC6(CC5)CCN(CC5CCN(c7ccc8c(c7)n(C)c(=O)n8C7CCC(O)NC7=O)CC5)CC6)nc4c3F)c12. The summed E-state index contributed by atoms with van der Waals surface area (Å²) in [4.78, 5) is 49.9. The highest BCUT2D eigenvalue weighted by atomic mass is 19.1. The lowest BCUT2D eigenvalue weighted by molar-refractivity contribution is -0.130. The van der Waals surface area contributed by atoms with E-state index in [1.807, 2.05) is 6.07 Å². The Morgan fingerprint density at radius 3 is 2.33 bits per heavy atom. The number of imidazole rings is 1. The second-order valence-corrected chi connectivity index (χ2v) is 21.6. The van der Waals surface area contributed by atoms with Crippen molar-refractivity contribution in [3.63, 3.8) is 0 Å². The molecule has 0 aliphatic carbocycles. The number of phenolic OH excluding ortho intramolecular Hbond substituents is 1. The fourth-order valence-corrected chi connectivity index (χ4v) is 13.1. The van der Waals surface area contributed by atoms with E-state index in [2.05, 4.69) is 58.3 Å². The number of nitrogens with zero attached hydrogens (tertiary/aromatic N) is 9. The lowest BCUT2D eigenvalue weighted by Crippen LogP contribution is -2.51.